The lowest BCUT2D eigenvalue weighted by molar-refractivity contribution is -0.870. The molecule has 0 N–H and O–H groups in total. The van der Waals surface area contributed by atoms with E-state index in [4.69, 9.17) is 0 Å². The molecule has 47 heavy (non-hydrogen) atoms. The first kappa shape index (κ1) is 44.9. The molecule has 0 rings (SSSR count). The van der Waals surface area contributed by atoms with Crippen molar-refractivity contribution < 1.29 is 115 Å². The van der Waals surface area contributed by atoms with Gasteiger partial charge in [0.25, 0.3) is 10.0 Å². The number of aliphatic carboxylic acids is 1. The van der Waals surface area contributed by atoms with Crippen LogP contribution < -0.4 is 5.11 Å². The van der Waals surface area contributed by atoms with E-state index in [0.29, 0.717) is 0 Å². The molecule has 0 atom stereocenters. The number of hydrogen-bond donors (Lipinski definition) is 0. The predicted molar refractivity (Wildman–Crippen MR) is 108 cm³/mol. The summed E-state index contributed by atoms with van der Waals surface area (Å²) < 4.78 is 309. The maximum absolute atomic E-state index is 14.6. The normalized spacial score (nSPS) is 16.2. The second kappa shape index (κ2) is 12.3. The number of quaternary nitrogens is 1. The zero-order valence-corrected chi connectivity index (χ0v) is 23.7. The number of alkyl halides is 21. The summed E-state index contributed by atoms with van der Waals surface area (Å²) in [6.07, 6.45) is -10.7. The van der Waals surface area contributed by atoms with Gasteiger partial charge in [0, 0.05) is 31.9 Å². The van der Waals surface area contributed by atoms with Gasteiger partial charge in [0.1, 0.15) is 0 Å². The van der Waals surface area contributed by atoms with E-state index in [-0.39, 0.29) is 11.0 Å². The van der Waals surface area contributed by atoms with Gasteiger partial charge in [-0.15, -0.1) is 0 Å². The minimum absolute atomic E-state index is 0.229. The minimum atomic E-state index is -9.43. The van der Waals surface area contributed by atoms with Gasteiger partial charge in [-0.3, -0.25) is 0 Å². The van der Waals surface area contributed by atoms with Gasteiger partial charge in [-0.25, -0.2) is 8.42 Å². The Balaban J connectivity index is 7.28. The number of halogens is 21. The quantitative estimate of drug-likeness (QED) is 0.153. The standard InChI is InChI=1S/C19H19F21N2O4S/c1-42(2,3)8-4-6-41(7-5-9(43)44)47(45,46)19(39,40)17(34,35)15(30,31)13(26,27)11(22,23)10(20,21)12(24,25)14(28,29)16(32,33)18(36,37)38/h4-8H2,1-3H3. The van der Waals surface area contributed by atoms with Crippen molar-refractivity contribution in [1.29, 1.82) is 0 Å². The van der Waals surface area contributed by atoms with Crippen LogP contribution in [-0.2, 0) is 14.8 Å². The molecule has 0 amide bonds. The van der Waals surface area contributed by atoms with E-state index in [2.05, 4.69) is 0 Å². The lowest BCUT2D eigenvalue weighted by atomic mass is 9.87. The molecule has 0 saturated heterocycles. The summed E-state index contributed by atoms with van der Waals surface area (Å²) in [6, 6.07) is 0. The average molecular weight is 770 g/mol. The summed E-state index contributed by atoms with van der Waals surface area (Å²) in [5.74, 6) is -75.3. The van der Waals surface area contributed by atoms with Crippen molar-refractivity contribution in [1.82, 2.24) is 4.31 Å². The van der Waals surface area contributed by atoms with Crippen LogP contribution in [0.2, 0.25) is 0 Å². The van der Waals surface area contributed by atoms with Crippen LogP contribution in [0.3, 0.4) is 0 Å². The molecule has 0 fully saturated rings. The maximum Gasteiger partial charge on any atom is 0.460 e. The van der Waals surface area contributed by atoms with Crippen molar-refractivity contribution in [2.24, 2.45) is 0 Å². The van der Waals surface area contributed by atoms with Gasteiger partial charge in [-0.1, -0.05) is 0 Å². The molecule has 0 saturated carbocycles. The Bertz CT molecular complexity index is 1240. The summed E-state index contributed by atoms with van der Waals surface area (Å²) in [7, 11) is -3.88. The largest absolute Gasteiger partial charge is 0.550 e. The highest BCUT2D eigenvalue weighted by molar-refractivity contribution is 7.90. The molecule has 0 bridgehead atoms. The van der Waals surface area contributed by atoms with Gasteiger partial charge < -0.3 is 14.4 Å². The molecule has 28 heteroatoms. The lowest BCUT2D eigenvalue weighted by Crippen LogP contribution is -2.77. The first-order valence-corrected chi connectivity index (χ1v) is 12.9. The monoisotopic (exact) mass is 770 g/mol. The van der Waals surface area contributed by atoms with Gasteiger partial charge in [0.2, 0.25) is 0 Å². The maximum atomic E-state index is 14.6. The highest BCUT2D eigenvalue weighted by Gasteiger charge is 2.98. The lowest BCUT2D eigenvalue weighted by Gasteiger charge is -2.44. The summed E-state index contributed by atoms with van der Waals surface area (Å²) in [4.78, 5) is 10.6. The summed E-state index contributed by atoms with van der Waals surface area (Å²) in [5, 5.41) is 2.64. The first-order chi connectivity index (χ1) is 20.0. The molecular formula is C19H19F21N2O4S. The predicted octanol–water partition coefficient (Wildman–Crippen LogP) is 5.09. The van der Waals surface area contributed by atoms with Gasteiger partial charge in [-0.2, -0.15) is 96.5 Å². The zero-order chi connectivity index (χ0) is 38.7. The van der Waals surface area contributed by atoms with E-state index in [9.17, 15) is 111 Å². The number of carboxylic acids is 1. The van der Waals surface area contributed by atoms with Crippen molar-refractivity contribution in [3.8, 4) is 0 Å². The fourth-order valence-corrected chi connectivity index (χ4v) is 4.64. The van der Waals surface area contributed by atoms with Crippen LogP contribution in [-0.4, -0.2) is 123 Å². The number of rotatable bonds is 17. The molecule has 0 aliphatic carbocycles. The number of nitrogens with zero attached hydrogens (tertiary/aromatic N) is 2. The number of carboxylic acid groups (broad SMARTS) is 1. The number of carbonyl (C=O) groups is 1. The SMILES string of the molecule is C[N+](C)(C)CCCN(CCC(=O)[O-])S(=O)(=O)C(F)(F)C(F)(F)C(F)(F)C(F)(F)C(F)(F)C(F)(F)C(F)(F)C(F)(F)C(F)(F)C(F)(F)F. The van der Waals surface area contributed by atoms with Crippen LogP contribution in [0.4, 0.5) is 92.2 Å². The molecule has 0 aliphatic rings. The van der Waals surface area contributed by atoms with E-state index in [1.165, 1.54) is 21.1 Å². The fourth-order valence-electron chi connectivity index (χ4n) is 3.16. The molecule has 0 spiro atoms. The Morgan fingerprint density at radius 2 is 0.851 bits per heavy atom. The van der Waals surface area contributed by atoms with E-state index in [0.717, 1.165) is 0 Å². The first-order valence-electron chi connectivity index (χ1n) is 11.5. The van der Waals surface area contributed by atoms with Gasteiger partial charge >= 0.3 is 58.8 Å². The van der Waals surface area contributed by atoms with Gasteiger partial charge in [-0.05, 0) is 0 Å². The summed E-state index contributed by atoms with van der Waals surface area (Å²) in [5.41, 5.74) is 0. The van der Waals surface area contributed by atoms with Crippen molar-refractivity contribution in [2.75, 3.05) is 40.8 Å². The molecule has 282 valence electrons. The Hall–Kier alpha value is -2.13. The van der Waals surface area contributed by atoms with Crippen LogP contribution in [0.1, 0.15) is 12.8 Å². The second-order valence-corrected chi connectivity index (χ2v) is 12.5. The molecule has 0 aromatic rings. The zero-order valence-electron chi connectivity index (χ0n) is 22.9. The van der Waals surface area contributed by atoms with E-state index in [1.54, 1.807) is 0 Å². The Morgan fingerprint density at radius 3 is 1.13 bits per heavy atom. The third-order valence-corrected chi connectivity index (χ3v) is 7.90. The van der Waals surface area contributed by atoms with Crippen molar-refractivity contribution in [3.05, 3.63) is 0 Å². The van der Waals surface area contributed by atoms with E-state index >= 15 is 0 Å². The second-order valence-electron chi connectivity index (χ2n) is 10.5. The molecule has 0 aliphatic heterocycles. The van der Waals surface area contributed by atoms with Gasteiger partial charge in [0.05, 0.1) is 27.7 Å². The van der Waals surface area contributed by atoms with Crippen LogP contribution >= 0.6 is 0 Å². The van der Waals surface area contributed by atoms with Crippen molar-refractivity contribution in [3.63, 3.8) is 0 Å². The molecule has 0 heterocycles. The van der Waals surface area contributed by atoms with Crippen LogP contribution in [0.15, 0.2) is 0 Å². The molecule has 0 radical (unpaired) electrons. The molecular weight excluding hydrogens is 751 g/mol. The van der Waals surface area contributed by atoms with Crippen LogP contribution in [0.5, 0.6) is 0 Å². The summed E-state index contributed by atoms with van der Waals surface area (Å²) in [6.45, 7) is -3.89. The molecule has 0 aromatic heterocycles. The Kier molecular flexibility index (Phi) is 11.8. The van der Waals surface area contributed by atoms with E-state index in [1.807, 2.05) is 0 Å². The minimum Gasteiger partial charge on any atom is -0.550 e. The topological polar surface area (TPSA) is 77.5 Å². The molecule has 0 aromatic carbocycles. The third-order valence-electron chi connectivity index (χ3n) is 5.95. The number of carbonyl (C=O) groups excluding carboxylic acids is 1. The highest BCUT2D eigenvalue weighted by atomic mass is 32.2. The Morgan fingerprint density at radius 1 is 0.553 bits per heavy atom. The average Bonchev–Trinajstić information content (AvgIpc) is 2.83. The van der Waals surface area contributed by atoms with Crippen molar-refractivity contribution >= 4 is 16.0 Å². The Labute approximate surface area is 248 Å². The number of hydrogen-bond acceptors (Lipinski definition) is 4. The van der Waals surface area contributed by atoms with Crippen LogP contribution in [0, 0.1) is 0 Å². The number of sulfonamides is 1. The molecule has 6 nitrogen and oxygen atoms in total. The third kappa shape index (κ3) is 6.86. The van der Waals surface area contributed by atoms with E-state index < -0.39 is 105 Å². The van der Waals surface area contributed by atoms with Crippen molar-refractivity contribution in [2.45, 2.75) is 71.7 Å². The van der Waals surface area contributed by atoms with Gasteiger partial charge in [0.15, 0.2) is 0 Å². The highest BCUT2D eigenvalue weighted by Crippen LogP contribution is 2.66. The summed E-state index contributed by atoms with van der Waals surface area (Å²) >= 11 is 0. The molecule has 0 unspecified atom stereocenters. The van der Waals surface area contributed by atoms with Crippen LogP contribution in [0.25, 0.3) is 0 Å². The fraction of sp³-hybridized carbons (Fsp3) is 0.947. The smallest absolute Gasteiger partial charge is 0.460 e.